The Labute approximate surface area is 102 Å². The minimum atomic E-state index is -3.36. The molecule has 0 aliphatic heterocycles. The number of sulfonamides is 1. The highest BCUT2D eigenvalue weighted by Gasteiger charge is 2.20. The molecule has 1 aliphatic carbocycles. The highest BCUT2D eigenvalue weighted by Crippen LogP contribution is 2.18. The minimum Gasteiger partial charge on any atom is -0.313 e. The Morgan fingerprint density at radius 3 is 2.59 bits per heavy atom. The van der Waals surface area contributed by atoms with Crippen molar-refractivity contribution in [3.63, 3.8) is 0 Å². The van der Waals surface area contributed by atoms with Gasteiger partial charge in [-0.15, -0.1) is 0 Å². The van der Waals surface area contributed by atoms with Crippen molar-refractivity contribution in [2.75, 3.05) is 13.1 Å². The van der Waals surface area contributed by atoms with Gasteiger partial charge in [0.2, 0.25) is 10.0 Å². The van der Waals surface area contributed by atoms with E-state index >= 15 is 0 Å². The summed E-state index contributed by atoms with van der Waals surface area (Å²) in [7, 11) is -3.36. The SMILES string of the molecule is Cc1ccccc1S(=O)(=O)NCCNC1CC1. The van der Waals surface area contributed by atoms with Gasteiger partial charge in [-0.1, -0.05) is 18.2 Å². The molecule has 94 valence electrons. The normalized spacial score (nSPS) is 16.1. The largest absolute Gasteiger partial charge is 0.313 e. The summed E-state index contributed by atoms with van der Waals surface area (Å²) in [5.74, 6) is 0. The van der Waals surface area contributed by atoms with Crippen molar-refractivity contribution in [2.24, 2.45) is 0 Å². The van der Waals surface area contributed by atoms with Crippen molar-refractivity contribution in [2.45, 2.75) is 30.7 Å². The molecule has 2 rings (SSSR count). The summed E-state index contributed by atoms with van der Waals surface area (Å²) < 4.78 is 26.6. The van der Waals surface area contributed by atoms with Gasteiger partial charge in [0, 0.05) is 19.1 Å². The van der Waals surface area contributed by atoms with Crippen LogP contribution in [0.4, 0.5) is 0 Å². The van der Waals surface area contributed by atoms with Crippen LogP contribution in [-0.2, 0) is 10.0 Å². The number of aryl methyl sites for hydroxylation is 1. The van der Waals surface area contributed by atoms with Gasteiger partial charge in [-0.2, -0.15) is 0 Å². The van der Waals surface area contributed by atoms with E-state index in [4.69, 9.17) is 0 Å². The van der Waals surface area contributed by atoms with Crippen molar-refractivity contribution in [3.8, 4) is 0 Å². The second kappa shape index (κ2) is 5.16. The molecule has 0 amide bonds. The number of benzene rings is 1. The van der Waals surface area contributed by atoms with E-state index in [0.29, 0.717) is 24.0 Å². The second-order valence-electron chi connectivity index (χ2n) is 4.39. The molecule has 2 N–H and O–H groups in total. The lowest BCUT2D eigenvalue weighted by atomic mass is 10.2. The summed E-state index contributed by atoms with van der Waals surface area (Å²) in [4.78, 5) is 0.367. The molecular formula is C12H18N2O2S. The molecule has 0 bridgehead atoms. The molecule has 0 spiro atoms. The molecule has 1 saturated carbocycles. The first-order chi connectivity index (χ1) is 8.09. The van der Waals surface area contributed by atoms with Crippen molar-refractivity contribution in [1.29, 1.82) is 0 Å². The first kappa shape index (κ1) is 12.5. The second-order valence-corrected chi connectivity index (χ2v) is 6.13. The molecule has 17 heavy (non-hydrogen) atoms. The monoisotopic (exact) mass is 254 g/mol. The lowest BCUT2D eigenvalue weighted by Gasteiger charge is -2.09. The summed E-state index contributed by atoms with van der Waals surface area (Å²) >= 11 is 0. The number of nitrogens with one attached hydrogen (secondary N) is 2. The highest BCUT2D eigenvalue weighted by molar-refractivity contribution is 7.89. The fourth-order valence-corrected chi connectivity index (χ4v) is 2.96. The third kappa shape index (κ3) is 3.52. The van der Waals surface area contributed by atoms with Crippen LogP contribution in [-0.4, -0.2) is 27.5 Å². The van der Waals surface area contributed by atoms with Crippen LogP contribution in [0.2, 0.25) is 0 Å². The first-order valence-electron chi connectivity index (χ1n) is 5.88. The smallest absolute Gasteiger partial charge is 0.240 e. The van der Waals surface area contributed by atoms with E-state index in [1.807, 2.05) is 6.07 Å². The molecule has 5 heteroatoms. The standard InChI is InChI=1S/C12H18N2O2S/c1-10-4-2-3-5-12(10)17(15,16)14-9-8-13-11-6-7-11/h2-5,11,13-14H,6-9H2,1H3. The van der Waals surface area contributed by atoms with Crippen molar-refractivity contribution < 1.29 is 8.42 Å². The molecular weight excluding hydrogens is 236 g/mol. The van der Waals surface area contributed by atoms with Gasteiger partial charge in [0.1, 0.15) is 0 Å². The van der Waals surface area contributed by atoms with E-state index < -0.39 is 10.0 Å². The number of rotatable bonds is 6. The Bertz CT molecular complexity index is 481. The quantitative estimate of drug-likeness (QED) is 0.745. The lowest BCUT2D eigenvalue weighted by molar-refractivity contribution is 0.575. The number of hydrogen-bond acceptors (Lipinski definition) is 3. The van der Waals surface area contributed by atoms with Crippen molar-refractivity contribution in [3.05, 3.63) is 29.8 Å². The molecule has 0 saturated heterocycles. The summed E-state index contributed by atoms with van der Waals surface area (Å²) in [6.07, 6.45) is 2.43. The molecule has 1 aromatic carbocycles. The molecule has 0 radical (unpaired) electrons. The molecule has 0 heterocycles. The molecule has 1 fully saturated rings. The topological polar surface area (TPSA) is 58.2 Å². The van der Waals surface area contributed by atoms with Gasteiger partial charge in [0.25, 0.3) is 0 Å². The average molecular weight is 254 g/mol. The van der Waals surface area contributed by atoms with E-state index in [1.165, 1.54) is 12.8 Å². The zero-order valence-electron chi connectivity index (χ0n) is 9.94. The highest BCUT2D eigenvalue weighted by atomic mass is 32.2. The van der Waals surface area contributed by atoms with Crippen LogP contribution >= 0.6 is 0 Å². The maximum absolute atomic E-state index is 12.0. The molecule has 1 aromatic rings. The maximum atomic E-state index is 12.0. The predicted octanol–water partition coefficient (Wildman–Crippen LogP) is 1.03. The zero-order chi connectivity index (χ0) is 12.3. The third-order valence-electron chi connectivity index (χ3n) is 2.81. The van der Waals surface area contributed by atoms with E-state index in [9.17, 15) is 8.42 Å². The van der Waals surface area contributed by atoms with Gasteiger partial charge in [-0.25, -0.2) is 13.1 Å². The Morgan fingerprint density at radius 2 is 1.94 bits per heavy atom. The van der Waals surface area contributed by atoms with Crippen LogP contribution in [0.1, 0.15) is 18.4 Å². The van der Waals surface area contributed by atoms with Gasteiger partial charge in [-0.05, 0) is 31.4 Å². The number of hydrogen-bond donors (Lipinski definition) is 2. The van der Waals surface area contributed by atoms with E-state index in [0.717, 1.165) is 5.56 Å². The summed E-state index contributed by atoms with van der Waals surface area (Å²) in [6, 6.07) is 7.62. The van der Waals surface area contributed by atoms with Gasteiger partial charge in [-0.3, -0.25) is 0 Å². The summed E-state index contributed by atoms with van der Waals surface area (Å²) in [5, 5.41) is 3.27. The third-order valence-corrected chi connectivity index (χ3v) is 4.43. The summed E-state index contributed by atoms with van der Waals surface area (Å²) in [5.41, 5.74) is 0.773. The van der Waals surface area contributed by atoms with Crippen LogP contribution in [0.25, 0.3) is 0 Å². The predicted molar refractivity (Wildman–Crippen MR) is 67.4 cm³/mol. The zero-order valence-corrected chi connectivity index (χ0v) is 10.8. The average Bonchev–Trinajstić information content (AvgIpc) is 3.09. The molecule has 0 unspecified atom stereocenters. The minimum absolute atomic E-state index is 0.367. The van der Waals surface area contributed by atoms with Crippen molar-refractivity contribution >= 4 is 10.0 Å². The molecule has 4 nitrogen and oxygen atoms in total. The van der Waals surface area contributed by atoms with Crippen LogP contribution < -0.4 is 10.0 Å². The Kier molecular flexibility index (Phi) is 3.81. The maximum Gasteiger partial charge on any atom is 0.240 e. The fourth-order valence-electron chi connectivity index (χ4n) is 1.68. The van der Waals surface area contributed by atoms with Crippen LogP contribution in [0.15, 0.2) is 29.2 Å². The summed E-state index contributed by atoms with van der Waals surface area (Å²) in [6.45, 7) is 2.93. The van der Waals surface area contributed by atoms with E-state index in [2.05, 4.69) is 10.0 Å². The molecule has 0 atom stereocenters. The van der Waals surface area contributed by atoms with Gasteiger partial charge < -0.3 is 5.32 Å². The van der Waals surface area contributed by atoms with Crippen molar-refractivity contribution in [1.82, 2.24) is 10.0 Å². The van der Waals surface area contributed by atoms with Crippen LogP contribution in [0, 0.1) is 6.92 Å². The van der Waals surface area contributed by atoms with Gasteiger partial charge >= 0.3 is 0 Å². The Balaban J connectivity index is 1.91. The lowest BCUT2D eigenvalue weighted by Crippen LogP contribution is -2.33. The van der Waals surface area contributed by atoms with Crippen LogP contribution in [0.3, 0.4) is 0 Å². The van der Waals surface area contributed by atoms with E-state index in [-0.39, 0.29) is 0 Å². The van der Waals surface area contributed by atoms with Gasteiger partial charge in [0.05, 0.1) is 4.90 Å². The van der Waals surface area contributed by atoms with E-state index in [1.54, 1.807) is 25.1 Å². The molecule has 0 aromatic heterocycles. The van der Waals surface area contributed by atoms with Crippen LogP contribution in [0.5, 0.6) is 0 Å². The van der Waals surface area contributed by atoms with Gasteiger partial charge in [0.15, 0.2) is 0 Å². The first-order valence-corrected chi connectivity index (χ1v) is 7.36. The Morgan fingerprint density at radius 1 is 1.24 bits per heavy atom. The Hall–Kier alpha value is -0.910. The molecule has 1 aliphatic rings. The fraction of sp³-hybridized carbons (Fsp3) is 0.500.